The maximum atomic E-state index is 13.0. The predicted octanol–water partition coefficient (Wildman–Crippen LogP) is 6.46. The topological polar surface area (TPSA) is 27.7 Å². The molecule has 0 aliphatic carbocycles. The number of hydrogen-bond donors (Lipinski definition) is 0. The Labute approximate surface area is 163 Å². The zero-order chi connectivity index (χ0) is 19.9. The van der Waals surface area contributed by atoms with Crippen LogP contribution in [-0.2, 0) is 0 Å². The van der Waals surface area contributed by atoms with Gasteiger partial charge in [-0.2, -0.15) is 8.78 Å². The molecule has 0 aliphatic heterocycles. The first-order valence-corrected chi connectivity index (χ1v) is 9.11. The van der Waals surface area contributed by atoms with E-state index in [4.69, 9.17) is 14.2 Å². The quantitative estimate of drug-likeness (QED) is 0.417. The monoisotopic (exact) mass is 384 g/mol. The van der Waals surface area contributed by atoms with Gasteiger partial charge in [0, 0.05) is 5.39 Å². The molecule has 0 fully saturated rings. The van der Waals surface area contributed by atoms with E-state index >= 15 is 0 Å². The molecule has 146 valence electrons. The average molecular weight is 384 g/mol. The minimum atomic E-state index is -2.93. The summed E-state index contributed by atoms with van der Waals surface area (Å²) in [5.41, 5.74) is 1.98. The third-order valence-electron chi connectivity index (χ3n) is 4.21. The fraction of sp³-hybridized carbons (Fsp3) is 0.217. The van der Waals surface area contributed by atoms with Crippen molar-refractivity contribution in [2.24, 2.45) is 0 Å². The van der Waals surface area contributed by atoms with Crippen LogP contribution in [0, 0.1) is 0 Å². The van der Waals surface area contributed by atoms with Crippen molar-refractivity contribution >= 4 is 10.8 Å². The third kappa shape index (κ3) is 4.60. The van der Waals surface area contributed by atoms with Gasteiger partial charge in [-0.05, 0) is 60.7 Å². The lowest BCUT2D eigenvalue weighted by Gasteiger charge is -2.15. The van der Waals surface area contributed by atoms with Gasteiger partial charge in [-0.3, -0.25) is 0 Å². The third-order valence-corrected chi connectivity index (χ3v) is 4.21. The van der Waals surface area contributed by atoms with Gasteiger partial charge in [0.05, 0.1) is 6.61 Å². The molecule has 3 aromatic rings. The van der Waals surface area contributed by atoms with Crippen molar-refractivity contribution in [3.8, 4) is 28.4 Å². The first-order valence-electron chi connectivity index (χ1n) is 9.11. The smallest absolute Gasteiger partial charge is 0.387 e. The van der Waals surface area contributed by atoms with Gasteiger partial charge in [-0.25, -0.2) is 0 Å². The zero-order valence-electron chi connectivity index (χ0n) is 15.8. The highest BCUT2D eigenvalue weighted by molar-refractivity contribution is 5.93. The second-order valence-electron chi connectivity index (χ2n) is 6.04. The Morgan fingerprint density at radius 3 is 2.36 bits per heavy atom. The molecular formula is C23H22F2O3. The molecule has 0 saturated carbocycles. The normalized spacial score (nSPS) is 11.3. The van der Waals surface area contributed by atoms with Gasteiger partial charge >= 0.3 is 6.61 Å². The van der Waals surface area contributed by atoms with Gasteiger partial charge in [0.1, 0.15) is 12.4 Å². The second-order valence-corrected chi connectivity index (χ2v) is 6.04. The predicted molar refractivity (Wildman–Crippen MR) is 107 cm³/mol. The van der Waals surface area contributed by atoms with E-state index in [1.54, 1.807) is 18.2 Å². The van der Waals surface area contributed by atoms with E-state index in [0.29, 0.717) is 17.7 Å². The molecule has 0 heterocycles. The Morgan fingerprint density at radius 1 is 0.929 bits per heavy atom. The van der Waals surface area contributed by atoms with Gasteiger partial charge in [0.25, 0.3) is 0 Å². The molecule has 0 spiro atoms. The molecule has 0 bridgehead atoms. The SMILES string of the molecule is CC=CCOc1ccc2cc(-c3ccc(OCC)cc3)ccc2c1OC(F)F. The van der Waals surface area contributed by atoms with E-state index in [1.807, 2.05) is 62.4 Å². The van der Waals surface area contributed by atoms with Crippen LogP contribution in [0.3, 0.4) is 0 Å². The fourth-order valence-corrected chi connectivity index (χ4v) is 2.93. The molecule has 28 heavy (non-hydrogen) atoms. The Kier molecular flexibility index (Phi) is 6.48. The van der Waals surface area contributed by atoms with Crippen LogP contribution in [-0.4, -0.2) is 19.8 Å². The number of halogens is 2. The lowest BCUT2D eigenvalue weighted by atomic mass is 10.0. The van der Waals surface area contributed by atoms with Crippen LogP contribution >= 0.6 is 0 Å². The van der Waals surface area contributed by atoms with Gasteiger partial charge in [-0.1, -0.05) is 36.4 Å². The summed E-state index contributed by atoms with van der Waals surface area (Å²) in [5.74, 6) is 1.15. The molecule has 3 nitrogen and oxygen atoms in total. The summed E-state index contributed by atoms with van der Waals surface area (Å²) in [4.78, 5) is 0. The minimum absolute atomic E-state index is 0.0512. The first kappa shape index (κ1) is 19.7. The summed E-state index contributed by atoms with van der Waals surface area (Å²) < 4.78 is 41.7. The van der Waals surface area contributed by atoms with Crippen molar-refractivity contribution in [2.45, 2.75) is 20.5 Å². The summed E-state index contributed by atoms with van der Waals surface area (Å²) in [7, 11) is 0. The van der Waals surface area contributed by atoms with Crippen LogP contribution in [0.5, 0.6) is 17.2 Å². The molecule has 0 saturated heterocycles. The van der Waals surface area contributed by atoms with Crippen molar-refractivity contribution in [1.29, 1.82) is 0 Å². The summed E-state index contributed by atoms with van der Waals surface area (Å²) in [6.45, 7) is 1.77. The summed E-state index contributed by atoms with van der Waals surface area (Å²) in [6.07, 6.45) is 3.63. The fourth-order valence-electron chi connectivity index (χ4n) is 2.93. The molecule has 0 unspecified atom stereocenters. The lowest BCUT2D eigenvalue weighted by molar-refractivity contribution is -0.0502. The summed E-state index contributed by atoms with van der Waals surface area (Å²) in [6, 6.07) is 16.9. The van der Waals surface area contributed by atoms with Crippen LogP contribution < -0.4 is 14.2 Å². The van der Waals surface area contributed by atoms with Crippen LogP contribution in [0.15, 0.2) is 66.7 Å². The molecule has 0 aromatic heterocycles. The number of fused-ring (bicyclic) bond motifs is 1. The van der Waals surface area contributed by atoms with Crippen molar-refractivity contribution in [3.63, 3.8) is 0 Å². The molecule has 0 amide bonds. The molecule has 0 aliphatic rings. The highest BCUT2D eigenvalue weighted by Crippen LogP contribution is 2.38. The second kappa shape index (κ2) is 9.22. The molecule has 0 atom stereocenters. The first-order chi connectivity index (χ1) is 13.6. The minimum Gasteiger partial charge on any atom is -0.494 e. The van der Waals surface area contributed by atoms with Crippen molar-refractivity contribution < 1.29 is 23.0 Å². The van der Waals surface area contributed by atoms with E-state index < -0.39 is 6.61 Å². The lowest BCUT2D eigenvalue weighted by Crippen LogP contribution is -2.05. The Balaban J connectivity index is 1.98. The maximum Gasteiger partial charge on any atom is 0.387 e. The van der Waals surface area contributed by atoms with Crippen molar-refractivity contribution in [1.82, 2.24) is 0 Å². The van der Waals surface area contributed by atoms with Gasteiger partial charge in [0.15, 0.2) is 11.5 Å². The molecule has 3 aromatic carbocycles. The summed E-state index contributed by atoms with van der Waals surface area (Å²) >= 11 is 0. The number of hydrogen-bond acceptors (Lipinski definition) is 3. The van der Waals surface area contributed by atoms with Crippen molar-refractivity contribution in [3.05, 3.63) is 66.7 Å². The van der Waals surface area contributed by atoms with Crippen LogP contribution in [0.4, 0.5) is 8.78 Å². The number of rotatable bonds is 8. The van der Waals surface area contributed by atoms with Gasteiger partial charge in [0.2, 0.25) is 0 Å². The molecular weight excluding hydrogens is 362 g/mol. The molecule has 0 radical (unpaired) electrons. The Bertz CT molecular complexity index is 950. The highest BCUT2D eigenvalue weighted by atomic mass is 19.3. The highest BCUT2D eigenvalue weighted by Gasteiger charge is 2.15. The standard InChI is InChI=1S/C23H22F2O3/c1-3-5-14-27-21-13-9-18-15-17(8-12-20(18)22(21)28-23(24)25)16-6-10-19(11-7-16)26-4-2/h3,5-13,15,23H,4,14H2,1-2H3. The van der Waals surface area contributed by atoms with Crippen LogP contribution in [0.2, 0.25) is 0 Å². The van der Waals surface area contributed by atoms with Gasteiger partial charge < -0.3 is 14.2 Å². The zero-order valence-corrected chi connectivity index (χ0v) is 15.8. The number of ether oxygens (including phenoxy) is 3. The van der Waals surface area contributed by atoms with E-state index in [1.165, 1.54) is 0 Å². The van der Waals surface area contributed by atoms with Crippen molar-refractivity contribution in [2.75, 3.05) is 13.2 Å². The Hall–Kier alpha value is -3.08. The number of alkyl halides is 2. The molecule has 3 rings (SSSR count). The van der Waals surface area contributed by atoms with Gasteiger partial charge in [-0.15, -0.1) is 0 Å². The Morgan fingerprint density at radius 2 is 1.68 bits per heavy atom. The number of benzene rings is 3. The molecule has 5 heteroatoms. The average Bonchev–Trinajstić information content (AvgIpc) is 2.70. The van der Waals surface area contributed by atoms with E-state index in [0.717, 1.165) is 22.3 Å². The van der Waals surface area contributed by atoms with E-state index in [2.05, 4.69) is 0 Å². The maximum absolute atomic E-state index is 13.0. The number of allylic oxidation sites excluding steroid dienone is 1. The van der Waals surface area contributed by atoms with E-state index in [9.17, 15) is 8.78 Å². The largest absolute Gasteiger partial charge is 0.494 e. The molecule has 0 N–H and O–H groups in total. The van der Waals surface area contributed by atoms with E-state index in [-0.39, 0.29) is 12.4 Å². The summed E-state index contributed by atoms with van der Waals surface area (Å²) in [5, 5.41) is 1.37. The van der Waals surface area contributed by atoms with Crippen LogP contribution in [0.25, 0.3) is 21.9 Å². The van der Waals surface area contributed by atoms with Crippen LogP contribution in [0.1, 0.15) is 13.8 Å².